The standard InChI is InChI=1S/C17H24FN3O2/c18-16-4-2-15(3-5-16)17(22)14-21(7-1-6-19)9-8-20-10-12-23-13-11-20/h2-5,17,22H,1,7-14H2. The molecule has 1 fully saturated rings. The Morgan fingerprint density at radius 1 is 1.26 bits per heavy atom. The Labute approximate surface area is 136 Å². The summed E-state index contributed by atoms with van der Waals surface area (Å²) in [6.07, 6.45) is -0.252. The first kappa shape index (κ1) is 17.8. The van der Waals surface area contributed by atoms with Gasteiger partial charge in [-0.2, -0.15) is 5.26 Å². The van der Waals surface area contributed by atoms with Crippen LogP contribution in [0.4, 0.5) is 4.39 Å². The predicted molar refractivity (Wildman–Crippen MR) is 85.3 cm³/mol. The highest BCUT2D eigenvalue weighted by molar-refractivity contribution is 5.18. The first-order chi connectivity index (χ1) is 11.2. The van der Waals surface area contributed by atoms with Gasteiger partial charge in [0.15, 0.2) is 0 Å². The molecule has 0 aliphatic carbocycles. The first-order valence-corrected chi connectivity index (χ1v) is 8.02. The second kappa shape index (κ2) is 9.58. The van der Waals surface area contributed by atoms with Gasteiger partial charge in [-0.25, -0.2) is 4.39 Å². The Morgan fingerprint density at radius 3 is 2.61 bits per heavy atom. The van der Waals surface area contributed by atoms with E-state index in [1.165, 1.54) is 12.1 Å². The SMILES string of the molecule is N#CCCN(CCN1CCOCC1)CC(O)c1ccc(F)cc1. The molecule has 1 aromatic carbocycles. The zero-order chi connectivity index (χ0) is 16.5. The minimum absolute atomic E-state index is 0.311. The van der Waals surface area contributed by atoms with Gasteiger partial charge in [0.2, 0.25) is 0 Å². The van der Waals surface area contributed by atoms with Gasteiger partial charge in [0.1, 0.15) is 5.82 Å². The highest BCUT2D eigenvalue weighted by atomic mass is 19.1. The Morgan fingerprint density at radius 2 is 1.96 bits per heavy atom. The fourth-order valence-electron chi connectivity index (χ4n) is 2.65. The van der Waals surface area contributed by atoms with Crippen molar-refractivity contribution < 1.29 is 14.2 Å². The van der Waals surface area contributed by atoms with Crippen molar-refractivity contribution in [3.8, 4) is 6.07 Å². The van der Waals surface area contributed by atoms with E-state index in [2.05, 4.69) is 15.9 Å². The van der Waals surface area contributed by atoms with Crippen LogP contribution in [0.15, 0.2) is 24.3 Å². The zero-order valence-electron chi connectivity index (χ0n) is 13.3. The number of hydrogen-bond acceptors (Lipinski definition) is 5. The Bertz CT molecular complexity index is 498. The second-order valence-corrected chi connectivity index (χ2v) is 5.73. The number of morpholine rings is 1. The Hall–Kier alpha value is -1.52. The summed E-state index contributed by atoms with van der Waals surface area (Å²) < 4.78 is 18.3. The molecule has 0 aromatic heterocycles. The van der Waals surface area contributed by atoms with Crippen LogP contribution in [0.2, 0.25) is 0 Å². The maximum Gasteiger partial charge on any atom is 0.123 e. The Balaban J connectivity index is 1.86. The molecule has 2 rings (SSSR count). The average Bonchev–Trinajstić information content (AvgIpc) is 2.58. The number of aliphatic hydroxyl groups excluding tert-OH is 1. The molecule has 1 saturated heterocycles. The maximum absolute atomic E-state index is 13.0. The monoisotopic (exact) mass is 321 g/mol. The van der Waals surface area contributed by atoms with Gasteiger partial charge in [0.05, 0.1) is 25.4 Å². The van der Waals surface area contributed by atoms with Crippen LogP contribution in [0.3, 0.4) is 0 Å². The first-order valence-electron chi connectivity index (χ1n) is 8.02. The topological polar surface area (TPSA) is 59.7 Å². The summed E-state index contributed by atoms with van der Waals surface area (Å²) in [6.45, 7) is 6.12. The molecule has 1 aliphatic heterocycles. The van der Waals surface area contributed by atoms with E-state index < -0.39 is 6.10 Å². The third kappa shape index (κ3) is 6.24. The van der Waals surface area contributed by atoms with Gasteiger partial charge >= 0.3 is 0 Å². The highest BCUT2D eigenvalue weighted by Crippen LogP contribution is 2.15. The molecule has 1 aromatic rings. The fraction of sp³-hybridized carbons (Fsp3) is 0.588. The molecule has 0 spiro atoms. The van der Waals surface area contributed by atoms with Gasteiger partial charge in [-0.3, -0.25) is 9.80 Å². The summed E-state index contributed by atoms with van der Waals surface area (Å²) in [5.41, 5.74) is 0.694. The molecule has 1 unspecified atom stereocenters. The number of nitriles is 1. The van der Waals surface area contributed by atoms with Gasteiger partial charge in [-0.05, 0) is 17.7 Å². The molecular weight excluding hydrogens is 297 g/mol. The normalized spacial score (nSPS) is 17.1. The number of halogens is 1. The molecule has 0 bridgehead atoms. The molecule has 126 valence electrons. The molecule has 0 amide bonds. The van der Waals surface area contributed by atoms with Crippen molar-refractivity contribution in [3.05, 3.63) is 35.6 Å². The lowest BCUT2D eigenvalue weighted by molar-refractivity contribution is 0.0300. The van der Waals surface area contributed by atoms with Crippen LogP contribution in [-0.4, -0.2) is 67.4 Å². The predicted octanol–water partition coefficient (Wildman–Crippen LogP) is 1.41. The largest absolute Gasteiger partial charge is 0.387 e. The number of aliphatic hydroxyl groups is 1. The zero-order valence-corrected chi connectivity index (χ0v) is 13.3. The Kier molecular flexibility index (Phi) is 7.43. The van der Waals surface area contributed by atoms with Crippen LogP contribution < -0.4 is 0 Å². The van der Waals surface area contributed by atoms with Crippen molar-refractivity contribution in [2.75, 3.05) is 52.5 Å². The molecular formula is C17H24FN3O2. The van der Waals surface area contributed by atoms with E-state index in [1.54, 1.807) is 12.1 Å². The summed E-state index contributed by atoms with van der Waals surface area (Å²) in [4.78, 5) is 4.42. The molecule has 0 saturated carbocycles. The van der Waals surface area contributed by atoms with Gasteiger partial charge < -0.3 is 9.84 Å². The summed E-state index contributed by atoms with van der Waals surface area (Å²) in [5, 5.41) is 19.1. The van der Waals surface area contributed by atoms with E-state index >= 15 is 0 Å². The smallest absolute Gasteiger partial charge is 0.123 e. The fourth-order valence-corrected chi connectivity index (χ4v) is 2.65. The number of rotatable bonds is 8. The van der Waals surface area contributed by atoms with E-state index in [1.807, 2.05) is 0 Å². The number of hydrogen-bond donors (Lipinski definition) is 1. The van der Waals surface area contributed by atoms with Crippen molar-refractivity contribution in [3.63, 3.8) is 0 Å². The molecule has 0 radical (unpaired) electrons. The van der Waals surface area contributed by atoms with Gasteiger partial charge in [0, 0.05) is 45.7 Å². The molecule has 1 aliphatic rings. The van der Waals surface area contributed by atoms with E-state index in [4.69, 9.17) is 10.00 Å². The van der Waals surface area contributed by atoms with Crippen LogP contribution >= 0.6 is 0 Å². The van der Waals surface area contributed by atoms with Crippen molar-refractivity contribution in [1.82, 2.24) is 9.80 Å². The average molecular weight is 321 g/mol. The highest BCUT2D eigenvalue weighted by Gasteiger charge is 2.16. The van der Waals surface area contributed by atoms with Crippen molar-refractivity contribution in [2.24, 2.45) is 0 Å². The third-order valence-corrected chi connectivity index (χ3v) is 4.06. The lowest BCUT2D eigenvalue weighted by Gasteiger charge is -2.30. The summed E-state index contributed by atoms with van der Waals surface area (Å²) in [7, 11) is 0. The van der Waals surface area contributed by atoms with Gasteiger partial charge in [-0.15, -0.1) is 0 Å². The minimum Gasteiger partial charge on any atom is -0.387 e. The van der Waals surface area contributed by atoms with E-state index in [-0.39, 0.29) is 5.82 Å². The molecule has 5 nitrogen and oxygen atoms in total. The quantitative estimate of drug-likeness (QED) is 0.784. The summed E-state index contributed by atoms with van der Waals surface area (Å²) in [5.74, 6) is -0.311. The summed E-state index contributed by atoms with van der Waals surface area (Å²) in [6, 6.07) is 8.06. The van der Waals surface area contributed by atoms with Crippen LogP contribution in [0.25, 0.3) is 0 Å². The molecule has 1 N–H and O–H groups in total. The molecule has 1 atom stereocenters. The van der Waals surface area contributed by atoms with E-state index in [9.17, 15) is 9.50 Å². The number of benzene rings is 1. The van der Waals surface area contributed by atoms with Gasteiger partial charge in [-0.1, -0.05) is 12.1 Å². The minimum atomic E-state index is -0.681. The second-order valence-electron chi connectivity index (χ2n) is 5.73. The van der Waals surface area contributed by atoms with Crippen LogP contribution in [0.5, 0.6) is 0 Å². The van der Waals surface area contributed by atoms with E-state index in [0.29, 0.717) is 25.1 Å². The molecule has 1 heterocycles. The van der Waals surface area contributed by atoms with E-state index in [0.717, 1.165) is 39.4 Å². The lowest BCUT2D eigenvalue weighted by Crippen LogP contribution is -2.42. The van der Waals surface area contributed by atoms with Gasteiger partial charge in [0.25, 0.3) is 0 Å². The maximum atomic E-state index is 13.0. The van der Waals surface area contributed by atoms with Crippen LogP contribution in [0, 0.1) is 17.1 Å². The van der Waals surface area contributed by atoms with Crippen LogP contribution in [0.1, 0.15) is 18.1 Å². The van der Waals surface area contributed by atoms with Crippen molar-refractivity contribution in [2.45, 2.75) is 12.5 Å². The molecule has 23 heavy (non-hydrogen) atoms. The lowest BCUT2D eigenvalue weighted by atomic mass is 10.1. The third-order valence-electron chi connectivity index (χ3n) is 4.06. The molecule has 6 heteroatoms. The number of ether oxygens (including phenoxy) is 1. The van der Waals surface area contributed by atoms with Crippen LogP contribution in [-0.2, 0) is 4.74 Å². The van der Waals surface area contributed by atoms with Crippen molar-refractivity contribution in [1.29, 1.82) is 5.26 Å². The summed E-state index contributed by atoms with van der Waals surface area (Å²) >= 11 is 0. The van der Waals surface area contributed by atoms with Crippen molar-refractivity contribution >= 4 is 0 Å². The number of nitrogens with zero attached hydrogens (tertiary/aromatic N) is 3.